The molecule has 0 aliphatic heterocycles. The zero-order valence-corrected chi connectivity index (χ0v) is 14.2. The van der Waals surface area contributed by atoms with Crippen molar-refractivity contribution in [1.82, 2.24) is 0 Å². The molecule has 0 aromatic rings. The highest BCUT2D eigenvalue weighted by molar-refractivity contribution is 4.80. The van der Waals surface area contributed by atoms with Crippen molar-refractivity contribution in [2.75, 3.05) is 26.4 Å². The minimum absolute atomic E-state index is 0.726. The minimum Gasteiger partial charge on any atom is -0.394 e. The average molecular weight is 406 g/mol. The Balaban J connectivity index is -0.000000372. The molecule has 0 aromatic carbocycles. The maximum Gasteiger partial charge on any atom is 0.111 e. The summed E-state index contributed by atoms with van der Waals surface area (Å²) in [7, 11) is 0. The first-order chi connectivity index (χ1) is 12.5. The number of aliphatic hydroxyl groups is 12. The van der Waals surface area contributed by atoms with E-state index < -0.39 is 75.3 Å². The zero-order chi connectivity index (χ0) is 22.2. The first kappa shape index (κ1) is 30.6. The van der Waals surface area contributed by atoms with Gasteiger partial charge in [-0.25, -0.2) is 0 Å². The summed E-state index contributed by atoms with van der Waals surface area (Å²) in [4.78, 5) is 1.50. The lowest BCUT2D eigenvalue weighted by Gasteiger charge is -2.24. The van der Waals surface area contributed by atoms with Gasteiger partial charge in [-0.3, -0.25) is 4.91 Å². The molecule has 0 aromatic heterocycles. The summed E-state index contributed by atoms with van der Waals surface area (Å²) in [6, 6.07) is 0. The number of rotatable bonds is 10. The molecular weight excluding hydrogens is 378 g/mol. The van der Waals surface area contributed by atoms with Crippen LogP contribution >= 0.6 is 0 Å². The van der Waals surface area contributed by atoms with Crippen molar-refractivity contribution >= 4 is 0 Å². The summed E-state index contributed by atoms with van der Waals surface area (Å²) in [5, 5.41) is 104. The molecule has 15 nitrogen and oxygen atoms in total. The van der Waals surface area contributed by atoms with E-state index in [1.165, 1.54) is 4.91 Å². The van der Waals surface area contributed by atoms with Gasteiger partial charge in [0.25, 0.3) is 0 Å². The minimum atomic E-state index is -1.67. The Hall–Kier alpha value is -1.17. The van der Waals surface area contributed by atoms with E-state index in [2.05, 4.69) is 0 Å². The van der Waals surface area contributed by atoms with Crippen LogP contribution in [0.5, 0.6) is 0 Å². The lowest BCUT2D eigenvalue weighted by molar-refractivity contribution is -0.123. The van der Waals surface area contributed by atoms with Crippen LogP contribution in [-0.2, 0) is 0 Å². The molecule has 0 radical (unpaired) electrons. The normalized spacial score (nSPS) is 19.4. The van der Waals surface area contributed by atoms with Gasteiger partial charge in [-0.2, -0.15) is 0 Å². The third kappa shape index (κ3) is 13.6. The molecule has 0 spiro atoms. The van der Waals surface area contributed by atoms with Gasteiger partial charge in [0.2, 0.25) is 0 Å². The zero-order valence-electron chi connectivity index (χ0n) is 14.2. The second-order valence-corrected chi connectivity index (χ2v) is 5.05. The molecule has 0 fully saturated rings. The maximum atomic E-state index is 8.96. The molecule has 15 heteroatoms. The standard InChI is InChI=1S/2C6H14O6.N3/c2*7-1-3(9)5(11)6(12)4(10)2-8;1-3-2/h2*3-12H,1-2H2;/q;;-1/t2*3-,4+,5-,6-;/m11./s1. The summed E-state index contributed by atoms with van der Waals surface area (Å²) in [6.07, 6.45) is -12.8. The van der Waals surface area contributed by atoms with E-state index in [1.807, 2.05) is 0 Å². The number of nitrogens with zero attached hydrogens (tertiary/aromatic N) is 3. The topological polar surface area (TPSA) is 301 Å². The second-order valence-electron chi connectivity index (χ2n) is 5.05. The van der Waals surface area contributed by atoms with Gasteiger partial charge in [-0.15, -0.1) is 0 Å². The molecule has 164 valence electrons. The molecule has 0 aliphatic rings. The Morgan fingerprint density at radius 3 is 0.630 bits per heavy atom. The Morgan fingerprint density at radius 2 is 0.556 bits per heavy atom. The van der Waals surface area contributed by atoms with Crippen molar-refractivity contribution in [1.29, 1.82) is 0 Å². The van der Waals surface area contributed by atoms with Gasteiger partial charge in [-0.1, -0.05) is 0 Å². The second kappa shape index (κ2) is 18.2. The SMILES string of the molecule is OC[C@@H](O)[C@@H](O)[C@H](O)[C@@H](O)CO.OC[C@@H](O)[C@@H](O)[C@H](O)[C@@H](O)CO.[N-]=[N+]=[N-]. The van der Waals surface area contributed by atoms with E-state index in [0.717, 1.165) is 0 Å². The highest BCUT2D eigenvalue weighted by Crippen LogP contribution is 2.04. The fourth-order valence-electron chi connectivity index (χ4n) is 1.34. The highest BCUT2D eigenvalue weighted by Gasteiger charge is 2.30. The van der Waals surface area contributed by atoms with E-state index >= 15 is 0 Å². The van der Waals surface area contributed by atoms with Crippen LogP contribution in [0.4, 0.5) is 0 Å². The van der Waals surface area contributed by atoms with Crippen molar-refractivity contribution in [3.05, 3.63) is 16.0 Å². The van der Waals surface area contributed by atoms with Crippen LogP contribution in [0.3, 0.4) is 0 Å². The van der Waals surface area contributed by atoms with Crippen LogP contribution in [0.15, 0.2) is 0 Å². The smallest absolute Gasteiger partial charge is 0.111 e. The number of hydrogen-bond acceptors (Lipinski definition) is 12. The maximum absolute atomic E-state index is 8.96. The quantitative estimate of drug-likeness (QED) is 0.0915. The van der Waals surface area contributed by atoms with E-state index in [4.69, 9.17) is 72.3 Å². The predicted octanol–water partition coefficient (Wildman–Crippen LogP) is -6.30. The van der Waals surface area contributed by atoms with E-state index in [-0.39, 0.29) is 0 Å². The molecule has 0 amide bonds. The van der Waals surface area contributed by atoms with Crippen LogP contribution in [0.25, 0.3) is 16.0 Å². The first-order valence-corrected chi connectivity index (χ1v) is 7.36. The monoisotopic (exact) mass is 406 g/mol. The van der Waals surface area contributed by atoms with Gasteiger partial charge in [0.05, 0.1) is 26.4 Å². The largest absolute Gasteiger partial charge is 0.394 e. The Bertz CT molecular complexity index is 318. The molecule has 0 unspecified atom stereocenters. The number of aliphatic hydroxyl groups excluding tert-OH is 12. The van der Waals surface area contributed by atoms with Crippen LogP contribution in [0.2, 0.25) is 0 Å². The summed E-state index contributed by atoms with van der Waals surface area (Å²) in [6.45, 7) is -2.90. The number of hydrogen-bond donors (Lipinski definition) is 12. The molecule has 0 saturated heterocycles. The predicted molar refractivity (Wildman–Crippen MR) is 86.5 cm³/mol. The third-order valence-electron chi connectivity index (χ3n) is 3.02. The Labute approximate surface area is 153 Å². The van der Waals surface area contributed by atoms with Crippen molar-refractivity contribution in [2.24, 2.45) is 0 Å². The lowest BCUT2D eigenvalue weighted by Crippen LogP contribution is -2.46. The van der Waals surface area contributed by atoms with Crippen molar-refractivity contribution in [2.45, 2.75) is 48.8 Å². The van der Waals surface area contributed by atoms with Gasteiger partial charge in [0.1, 0.15) is 48.8 Å². The average Bonchev–Trinajstić information content (AvgIpc) is 2.69. The Morgan fingerprint density at radius 1 is 0.444 bits per heavy atom. The van der Waals surface area contributed by atoms with Crippen molar-refractivity contribution < 1.29 is 61.3 Å². The molecule has 0 aliphatic carbocycles. The molecule has 27 heavy (non-hydrogen) atoms. The third-order valence-corrected chi connectivity index (χ3v) is 3.02. The van der Waals surface area contributed by atoms with E-state index in [9.17, 15) is 0 Å². The molecular formula is C12H28N3O12-. The lowest BCUT2D eigenvalue weighted by atomic mass is 10.0. The highest BCUT2D eigenvalue weighted by atomic mass is 16.4. The van der Waals surface area contributed by atoms with Crippen LogP contribution < -0.4 is 0 Å². The first-order valence-electron chi connectivity index (χ1n) is 7.36. The molecule has 0 rings (SSSR count). The van der Waals surface area contributed by atoms with Crippen LogP contribution in [-0.4, -0.2) is 137 Å². The molecule has 0 saturated carbocycles. The van der Waals surface area contributed by atoms with E-state index in [1.54, 1.807) is 0 Å². The fraction of sp³-hybridized carbons (Fsp3) is 1.00. The summed E-state index contributed by atoms with van der Waals surface area (Å²) in [5.41, 5.74) is 13.5. The molecule has 0 bridgehead atoms. The molecule has 12 N–H and O–H groups in total. The van der Waals surface area contributed by atoms with Gasteiger partial charge >= 0.3 is 0 Å². The van der Waals surface area contributed by atoms with Crippen LogP contribution in [0, 0.1) is 0 Å². The molecule has 8 atom stereocenters. The summed E-state index contributed by atoms with van der Waals surface area (Å²) < 4.78 is 0. The fourth-order valence-corrected chi connectivity index (χ4v) is 1.34. The summed E-state index contributed by atoms with van der Waals surface area (Å²) in [5.74, 6) is 0. The van der Waals surface area contributed by atoms with Gasteiger partial charge in [-0.05, 0) is 0 Å². The summed E-state index contributed by atoms with van der Waals surface area (Å²) >= 11 is 0. The Kier molecular flexibility index (Phi) is 20.6. The van der Waals surface area contributed by atoms with Gasteiger partial charge in [0, 0.05) is 0 Å². The van der Waals surface area contributed by atoms with Crippen LogP contribution in [0.1, 0.15) is 0 Å². The van der Waals surface area contributed by atoms with Gasteiger partial charge in [0.15, 0.2) is 0 Å². The van der Waals surface area contributed by atoms with Gasteiger partial charge < -0.3 is 72.3 Å². The van der Waals surface area contributed by atoms with E-state index in [0.29, 0.717) is 0 Å². The van der Waals surface area contributed by atoms with Crippen molar-refractivity contribution in [3.63, 3.8) is 0 Å². The molecule has 0 heterocycles. The van der Waals surface area contributed by atoms with Crippen molar-refractivity contribution in [3.8, 4) is 0 Å².